The van der Waals surface area contributed by atoms with Gasteiger partial charge in [-0.05, 0) is 5.04 Å². The minimum absolute atomic E-state index is 0.215. The van der Waals surface area contributed by atoms with Gasteiger partial charge in [-0.25, -0.2) is 8.42 Å². The van der Waals surface area contributed by atoms with Crippen molar-refractivity contribution in [3.63, 3.8) is 0 Å². The van der Waals surface area contributed by atoms with Crippen molar-refractivity contribution < 1.29 is 13.0 Å². The summed E-state index contributed by atoms with van der Waals surface area (Å²) in [6, 6.07) is 0. The van der Waals surface area contributed by atoms with Crippen molar-refractivity contribution in [1.82, 2.24) is 0 Å². The van der Waals surface area contributed by atoms with Crippen molar-refractivity contribution in [3.8, 4) is 0 Å². The van der Waals surface area contributed by atoms with Crippen LogP contribution in [0.25, 0.3) is 0 Å². The summed E-state index contributed by atoms with van der Waals surface area (Å²) < 4.78 is 28.9. The molecule has 0 saturated heterocycles. The molecule has 0 aromatic heterocycles. The molecule has 0 aliphatic carbocycles. The van der Waals surface area contributed by atoms with E-state index in [1.165, 1.54) is 0 Å². The number of hydrogen-bond donors (Lipinski definition) is 1. The second kappa shape index (κ2) is 2.40. The summed E-state index contributed by atoms with van der Waals surface area (Å²) >= 11 is 0. The summed E-state index contributed by atoms with van der Waals surface area (Å²) in [6.45, 7) is 5.44. The summed E-state index contributed by atoms with van der Waals surface area (Å²) in [7, 11) is -5.03. The number of rotatable bonds is 1. The fourth-order valence-electron chi connectivity index (χ4n) is 0.547. The van der Waals surface area contributed by atoms with E-state index >= 15 is 0 Å². The molecule has 1 N–H and O–H groups in total. The first-order valence-electron chi connectivity index (χ1n) is 2.66. The van der Waals surface area contributed by atoms with Gasteiger partial charge in [0, 0.05) is 0 Å². The first-order chi connectivity index (χ1) is 3.71. The lowest BCUT2D eigenvalue weighted by atomic mass is 10.3. The topological polar surface area (TPSA) is 54.4 Å². The molecule has 0 rings (SSSR count). The molecule has 0 unspecified atom stereocenters. The van der Waals surface area contributed by atoms with Gasteiger partial charge in [0.25, 0.3) is 0 Å². The van der Waals surface area contributed by atoms with E-state index in [0.29, 0.717) is 0 Å². The minimum atomic E-state index is -3.64. The summed E-state index contributed by atoms with van der Waals surface area (Å²) in [5.41, 5.74) is 0. The lowest BCUT2D eigenvalue weighted by Crippen LogP contribution is -2.18. The smallest absolute Gasteiger partial charge is 0.221 e. The Bertz CT molecular complexity index is 176. The van der Waals surface area contributed by atoms with Crippen LogP contribution in [0.4, 0.5) is 0 Å². The molecule has 0 saturated carbocycles. The normalized spacial score (nSPS) is 15.1. The van der Waals surface area contributed by atoms with Crippen LogP contribution in [0.1, 0.15) is 20.8 Å². The summed E-state index contributed by atoms with van der Waals surface area (Å²) in [6.07, 6.45) is 0. The second-order valence-electron chi connectivity index (χ2n) is 3.29. The standard InChI is InChI=1S/C4H12O3SSi/c1-4(2,3)9-8(5,6)7/h9H2,1-3H3,(H,5,6,7). The van der Waals surface area contributed by atoms with Gasteiger partial charge in [0.15, 0.2) is 0 Å². The zero-order chi connectivity index (χ0) is 7.71. The highest BCUT2D eigenvalue weighted by Crippen LogP contribution is 2.21. The van der Waals surface area contributed by atoms with E-state index in [2.05, 4.69) is 0 Å². The van der Waals surface area contributed by atoms with Gasteiger partial charge < -0.3 is 0 Å². The molecule has 0 aliphatic rings. The van der Waals surface area contributed by atoms with Crippen molar-refractivity contribution >= 4 is 18.2 Å². The third-order valence-corrected chi connectivity index (χ3v) is 5.54. The van der Waals surface area contributed by atoms with Crippen molar-refractivity contribution in [2.45, 2.75) is 25.8 Å². The van der Waals surface area contributed by atoms with E-state index < -0.39 is 18.2 Å². The predicted octanol–water partition coefficient (Wildman–Crippen LogP) is 0.176. The molecule has 0 spiro atoms. The fraction of sp³-hybridized carbons (Fsp3) is 1.00. The summed E-state index contributed by atoms with van der Waals surface area (Å²) in [5, 5.41) is -0.215. The molecule has 0 fully saturated rings. The highest BCUT2D eigenvalue weighted by molar-refractivity contribution is 8.11. The van der Waals surface area contributed by atoms with Crippen LogP contribution in [0.5, 0.6) is 0 Å². The molecule has 0 amide bonds. The molecule has 0 atom stereocenters. The molecule has 0 aromatic rings. The van der Waals surface area contributed by atoms with Crippen molar-refractivity contribution in [3.05, 3.63) is 0 Å². The Labute approximate surface area is 57.7 Å². The first-order valence-corrected chi connectivity index (χ1v) is 6.71. The second-order valence-corrected chi connectivity index (χ2v) is 9.92. The van der Waals surface area contributed by atoms with E-state index in [0.717, 1.165) is 0 Å². The maximum atomic E-state index is 10.3. The molecule has 0 bridgehead atoms. The highest BCUT2D eigenvalue weighted by atomic mass is 32.4. The Hall–Kier alpha value is 0.127. The van der Waals surface area contributed by atoms with Crippen LogP contribution in [-0.4, -0.2) is 21.6 Å². The summed E-state index contributed by atoms with van der Waals surface area (Å²) in [4.78, 5) is 0. The maximum absolute atomic E-state index is 10.3. The van der Waals surface area contributed by atoms with Gasteiger partial charge in [-0.3, -0.25) is 4.55 Å². The predicted molar refractivity (Wildman–Crippen MR) is 39.8 cm³/mol. The zero-order valence-corrected chi connectivity index (χ0v) is 8.11. The molecule has 5 heteroatoms. The van der Waals surface area contributed by atoms with Crippen LogP contribution in [-0.2, 0) is 9.57 Å². The Morgan fingerprint density at radius 3 is 1.67 bits per heavy atom. The zero-order valence-electron chi connectivity index (χ0n) is 5.88. The Balaban J connectivity index is 4.07. The fourth-order valence-corrected chi connectivity index (χ4v) is 4.92. The Kier molecular flexibility index (Phi) is 2.43. The van der Waals surface area contributed by atoms with Crippen LogP contribution in [0.3, 0.4) is 0 Å². The van der Waals surface area contributed by atoms with E-state index in [1.807, 2.05) is 20.8 Å². The van der Waals surface area contributed by atoms with E-state index in [-0.39, 0.29) is 5.04 Å². The molecule has 0 heterocycles. The monoisotopic (exact) mass is 168 g/mol. The summed E-state index contributed by atoms with van der Waals surface area (Å²) in [5.74, 6) is 0. The molecule has 0 aromatic carbocycles. The van der Waals surface area contributed by atoms with E-state index in [4.69, 9.17) is 4.55 Å². The van der Waals surface area contributed by atoms with Gasteiger partial charge in [-0.1, -0.05) is 20.8 Å². The largest absolute Gasteiger partial charge is 0.292 e. The van der Waals surface area contributed by atoms with Crippen LogP contribution in [0.15, 0.2) is 0 Å². The SMILES string of the molecule is CC(C)(C)[SiH2]S(=O)(=O)O. The lowest BCUT2D eigenvalue weighted by Gasteiger charge is -2.13. The Morgan fingerprint density at radius 1 is 1.33 bits per heavy atom. The quantitative estimate of drug-likeness (QED) is 0.449. The third-order valence-electron chi connectivity index (χ3n) is 0.615. The van der Waals surface area contributed by atoms with Crippen LogP contribution < -0.4 is 0 Å². The van der Waals surface area contributed by atoms with Crippen molar-refractivity contribution in [2.24, 2.45) is 0 Å². The van der Waals surface area contributed by atoms with Gasteiger partial charge in [0.1, 0.15) is 0 Å². The van der Waals surface area contributed by atoms with Crippen molar-refractivity contribution in [2.75, 3.05) is 0 Å². The van der Waals surface area contributed by atoms with Gasteiger partial charge in [-0.2, -0.15) is 0 Å². The maximum Gasteiger partial charge on any atom is 0.221 e. The average Bonchev–Trinajstić information content (AvgIpc) is 1.14. The Morgan fingerprint density at radius 2 is 1.67 bits per heavy atom. The lowest BCUT2D eigenvalue weighted by molar-refractivity contribution is 0.498. The van der Waals surface area contributed by atoms with Crippen LogP contribution >= 0.6 is 0 Å². The molecule has 0 radical (unpaired) electrons. The van der Waals surface area contributed by atoms with Crippen molar-refractivity contribution in [1.29, 1.82) is 0 Å². The first kappa shape index (κ1) is 9.13. The molecule has 56 valence electrons. The highest BCUT2D eigenvalue weighted by Gasteiger charge is 2.20. The number of hydrogen-bond acceptors (Lipinski definition) is 2. The van der Waals surface area contributed by atoms with Crippen LogP contribution in [0, 0.1) is 0 Å². The van der Waals surface area contributed by atoms with Gasteiger partial charge >= 0.3 is 0 Å². The molecule has 0 aliphatic heterocycles. The average molecular weight is 168 g/mol. The molecule has 3 nitrogen and oxygen atoms in total. The van der Waals surface area contributed by atoms with Gasteiger partial charge in [-0.15, -0.1) is 0 Å². The minimum Gasteiger partial charge on any atom is -0.292 e. The molecular formula is C4H12O3SSi. The van der Waals surface area contributed by atoms with Gasteiger partial charge in [0.05, 0.1) is 0 Å². The molecule has 9 heavy (non-hydrogen) atoms. The third kappa shape index (κ3) is 8.13. The van der Waals surface area contributed by atoms with E-state index in [9.17, 15) is 8.42 Å². The molecular weight excluding hydrogens is 156 g/mol. The van der Waals surface area contributed by atoms with E-state index in [1.54, 1.807) is 0 Å². The van der Waals surface area contributed by atoms with Crippen LogP contribution in [0.2, 0.25) is 5.04 Å². The van der Waals surface area contributed by atoms with Gasteiger partial charge in [0.2, 0.25) is 18.2 Å².